The lowest BCUT2D eigenvalue weighted by molar-refractivity contribution is -0.137. The Kier molecular flexibility index (Phi) is 5.73. The highest BCUT2D eigenvalue weighted by molar-refractivity contribution is 7.99. The van der Waals surface area contributed by atoms with Crippen molar-refractivity contribution in [2.24, 2.45) is 0 Å². The molecule has 1 N–H and O–H groups in total. The number of aryl methyl sites for hydroxylation is 2. The molecular formula is C19H17F3N4OS. The Labute approximate surface area is 164 Å². The fourth-order valence-corrected chi connectivity index (χ4v) is 3.29. The Morgan fingerprint density at radius 3 is 2.29 bits per heavy atom. The number of amides is 1. The molecule has 0 radical (unpaired) electrons. The average molecular weight is 406 g/mol. The normalized spacial score (nSPS) is 11.5. The number of nitrogens with zero attached hydrogens (tertiary/aromatic N) is 3. The molecular weight excluding hydrogens is 389 g/mol. The van der Waals surface area contributed by atoms with Crippen LogP contribution < -0.4 is 5.32 Å². The van der Waals surface area contributed by atoms with Crippen molar-refractivity contribution < 1.29 is 18.0 Å². The first kappa shape index (κ1) is 19.9. The Bertz CT molecular complexity index is 966. The summed E-state index contributed by atoms with van der Waals surface area (Å²) in [5.41, 5.74) is 1.55. The highest BCUT2D eigenvalue weighted by atomic mass is 32.2. The van der Waals surface area contributed by atoms with E-state index in [1.54, 1.807) is 0 Å². The van der Waals surface area contributed by atoms with Gasteiger partial charge in [-0.2, -0.15) is 13.2 Å². The average Bonchev–Trinajstić information content (AvgIpc) is 3.01. The lowest BCUT2D eigenvalue weighted by Gasteiger charge is -2.10. The molecule has 0 aliphatic carbocycles. The summed E-state index contributed by atoms with van der Waals surface area (Å²) >= 11 is 1.20. The van der Waals surface area contributed by atoms with Crippen LogP contribution in [0.2, 0.25) is 0 Å². The predicted octanol–water partition coefficient (Wildman–Crippen LogP) is 4.63. The van der Waals surface area contributed by atoms with Crippen molar-refractivity contribution >= 4 is 23.4 Å². The van der Waals surface area contributed by atoms with Crippen molar-refractivity contribution in [1.82, 2.24) is 14.8 Å². The second-order valence-corrected chi connectivity index (χ2v) is 7.06. The Morgan fingerprint density at radius 2 is 1.68 bits per heavy atom. The molecule has 3 aromatic rings. The fraction of sp³-hybridized carbons (Fsp3) is 0.211. The lowest BCUT2D eigenvalue weighted by Crippen LogP contribution is -2.15. The maximum Gasteiger partial charge on any atom is 0.416 e. The third-order valence-electron chi connectivity index (χ3n) is 3.92. The van der Waals surface area contributed by atoms with Gasteiger partial charge in [-0.3, -0.25) is 9.36 Å². The van der Waals surface area contributed by atoms with Crippen molar-refractivity contribution in [3.05, 3.63) is 65.5 Å². The van der Waals surface area contributed by atoms with Gasteiger partial charge in [0.25, 0.3) is 0 Å². The summed E-state index contributed by atoms with van der Waals surface area (Å²) in [5.74, 6) is 0.390. The number of hydrogen-bond acceptors (Lipinski definition) is 4. The third kappa shape index (κ3) is 4.72. The number of anilines is 1. The molecule has 0 bridgehead atoms. The van der Waals surface area contributed by atoms with E-state index in [0.717, 1.165) is 23.4 Å². The van der Waals surface area contributed by atoms with Gasteiger partial charge in [-0.05, 0) is 50.2 Å². The first-order valence-corrected chi connectivity index (χ1v) is 9.31. The molecule has 146 valence electrons. The largest absolute Gasteiger partial charge is 0.416 e. The van der Waals surface area contributed by atoms with Gasteiger partial charge in [0.05, 0.1) is 11.3 Å². The van der Waals surface area contributed by atoms with Crippen LogP contribution in [0.25, 0.3) is 5.69 Å². The molecule has 28 heavy (non-hydrogen) atoms. The van der Waals surface area contributed by atoms with E-state index in [0.29, 0.717) is 16.7 Å². The molecule has 0 aliphatic rings. The van der Waals surface area contributed by atoms with Gasteiger partial charge in [-0.25, -0.2) is 0 Å². The Hall–Kier alpha value is -2.81. The number of alkyl halides is 3. The van der Waals surface area contributed by atoms with Crippen LogP contribution >= 0.6 is 11.8 Å². The standard InChI is InChI=1S/C19H17F3N4OS/c1-12-3-9-16(10-4-12)26-13(2)24-25-18(26)28-11-17(27)23-15-7-5-14(6-8-15)19(20,21)22/h3-10H,11H2,1-2H3,(H,23,27). The van der Waals surface area contributed by atoms with Crippen molar-refractivity contribution in [1.29, 1.82) is 0 Å². The van der Waals surface area contributed by atoms with Crippen LogP contribution in [-0.2, 0) is 11.0 Å². The van der Waals surface area contributed by atoms with E-state index < -0.39 is 11.7 Å². The number of carbonyl (C=O) groups excluding carboxylic acids is 1. The molecule has 0 aliphatic heterocycles. The Morgan fingerprint density at radius 1 is 1.04 bits per heavy atom. The summed E-state index contributed by atoms with van der Waals surface area (Å²) in [5, 5.41) is 11.3. The topological polar surface area (TPSA) is 59.8 Å². The summed E-state index contributed by atoms with van der Waals surface area (Å²) in [6, 6.07) is 12.1. The zero-order valence-corrected chi connectivity index (χ0v) is 15.9. The summed E-state index contributed by atoms with van der Waals surface area (Å²) in [4.78, 5) is 12.2. The maximum atomic E-state index is 12.6. The fourth-order valence-electron chi connectivity index (χ4n) is 2.50. The number of halogens is 3. The summed E-state index contributed by atoms with van der Waals surface area (Å²) in [6.07, 6.45) is -4.41. The monoisotopic (exact) mass is 406 g/mol. The molecule has 0 saturated carbocycles. The summed E-state index contributed by atoms with van der Waals surface area (Å²) in [6.45, 7) is 3.81. The first-order chi connectivity index (χ1) is 13.2. The molecule has 0 unspecified atom stereocenters. The van der Waals surface area contributed by atoms with Gasteiger partial charge in [0.1, 0.15) is 5.82 Å². The van der Waals surface area contributed by atoms with Gasteiger partial charge in [-0.15, -0.1) is 10.2 Å². The number of nitrogens with one attached hydrogen (secondary N) is 1. The maximum absolute atomic E-state index is 12.6. The smallest absolute Gasteiger partial charge is 0.325 e. The number of carbonyl (C=O) groups is 1. The lowest BCUT2D eigenvalue weighted by atomic mass is 10.2. The molecule has 1 amide bonds. The van der Waals surface area contributed by atoms with Gasteiger partial charge in [0.2, 0.25) is 5.91 Å². The van der Waals surface area contributed by atoms with Gasteiger partial charge < -0.3 is 5.32 Å². The van der Waals surface area contributed by atoms with Gasteiger partial charge >= 0.3 is 6.18 Å². The molecule has 1 aromatic heterocycles. The summed E-state index contributed by atoms with van der Waals surface area (Å²) in [7, 11) is 0. The Balaban J connectivity index is 1.65. The minimum Gasteiger partial charge on any atom is -0.325 e. The van der Waals surface area contributed by atoms with Gasteiger partial charge in [-0.1, -0.05) is 29.5 Å². The minimum absolute atomic E-state index is 0.0466. The van der Waals surface area contributed by atoms with E-state index in [-0.39, 0.29) is 11.7 Å². The van der Waals surface area contributed by atoms with Crippen molar-refractivity contribution in [2.75, 3.05) is 11.1 Å². The first-order valence-electron chi connectivity index (χ1n) is 8.33. The van der Waals surface area contributed by atoms with Crippen LogP contribution in [0.15, 0.2) is 53.7 Å². The van der Waals surface area contributed by atoms with Crippen LogP contribution in [0.5, 0.6) is 0 Å². The molecule has 1 heterocycles. The van der Waals surface area contributed by atoms with Crippen molar-refractivity contribution in [3.63, 3.8) is 0 Å². The quantitative estimate of drug-likeness (QED) is 0.628. The molecule has 0 atom stereocenters. The van der Waals surface area contributed by atoms with Crippen molar-refractivity contribution in [3.8, 4) is 5.69 Å². The zero-order valence-electron chi connectivity index (χ0n) is 15.1. The number of benzene rings is 2. The van der Waals surface area contributed by atoms with E-state index in [9.17, 15) is 18.0 Å². The van der Waals surface area contributed by atoms with E-state index in [1.165, 1.54) is 23.9 Å². The summed E-state index contributed by atoms with van der Waals surface area (Å²) < 4.78 is 39.6. The number of hydrogen-bond donors (Lipinski definition) is 1. The van der Waals surface area contributed by atoms with E-state index >= 15 is 0 Å². The van der Waals surface area contributed by atoms with Crippen LogP contribution in [0, 0.1) is 13.8 Å². The number of rotatable bonds is 5. The molecule has 0 fully saturated rings. The highest BCUT2D eigenvalue weighted by Gasteiger charge is 2.30. The van der Waals surface area contributed by atoms with Crippen LogP contribution in [0.1, 0.15) is 17.0 Å². The molecule has 0 spiro atoms. The third-order valence-corrected chi connectivity index (χ3v) is 4.84. The van der Waals surface area contributed by atoms with Crippen molar-refractivity contribution in [2.45, 2.75) is 25.2 Å². The number of thioether (sulfide) groups is 1. The molecule has 5 nitrogen and oxygen atoms in total. The zero-order chi connectivity index (χ0) is 20.3. The van der Waals surface area contributed by atoms with E-state index in [2.05, 4.69) is 15.5 Å². The van der Waals surface area contributed by atoms with E-state index in [4.69, 9.17) is 0 Å². The second-order valence-electron chi connectivity index (χ2n) is 6.11. The second kappa shape index (κ2) is 8.05. The van der Waals surface area contributed by atoms with Crippen LogP contribution in [-0.4, -0.2) is 26.4 Å². The van der Waals surface area contributed by atoms with Gasteiger partial charge in [0.15, 0.2) is 5.16 Å². The molecule has 2 aromatic carbocycles. The number of aromatic nitrogens is 3. The molecule has 3 rings (SSSR count). The highest BCUT2D eigenvalue weighted by Crippen LogP contribution is 2.30. The molecule has 0 saturated heterocycles. The van der Waals surface area contributed by atoms with Crippen LogP contribution in [0.3, 0.4) is 0 Å². The van der Waals surface area contributed by atoms with E-state index in [1.807, 2.05) is 42.7 Å². The van der Waals surface area contributed by atoms with Crippen LogP contribution in [0.4, 0.5) is 18.9 Å². The minimum atomic E-state index is -4.41. The SMILES string of the molecule is Cc1ccc(-n2c(C)nnc2SCC(=O)Nc2ccc(C(F)(F)F)cc2)cc1. The predicted molar refractivity (Wildman–Crippen MR) is 102 cm³/mol. The molecule has 9 heteroatoms. The van der Waals surface area contributed by atoms with Gasteiger partial charge in [0, 0.05) is 11.4 Å².